The maximum absolute atomic E-state index is 12.6. The highest BCUT2D eigenvalue weighted by molar-refractivity contribution is 7.89. The Morgan fingerprint density at radius 1 is 1.27 bits per heavy atom. The lowest BCUT2D eigenvalue weighted by molar-refractivity contribution is -0.190. The second-order valence-corrected chi connectivity index (χ2v) is 8.65. The Hall–Kier alpha value is -1.97. The van der Waals surface area contributed by atoms with Crippen molar-refractivity contribution in [3.05, 3.63) is 29.8 Å². The number of sulfonamides is 1. The lowest BCUT2D eigenvalue weighted by Gasteiger charge is -2.58. The fourth-order valence-corrected chi connectivity index (χ4v) is 3.94. The van der Waals surface area contributed by atoms with Crippen molar-refractivity contribution in [3.8, 4) is 0 Å². The number of carboxylic acid groups (broad SMARTS) is 1. The fraction of sp³-hybridized carbons (Fsp3) is 0.529. The fourth-order valence-electron chi connectivity index (χ4n) is 3.21. The van der Waals surface area contributed by atoms with E-state index < -0.39 is 32.9 Å². The predicted octanol–water partition coefficient (Wildman–Crippen LogP) is 0.983. The van der Waals surface area contributed by atoms with Gasteiger partial charge < -0.3 is 15.2 Å². The zero-order valence-electron chi connectivity index (χ0n) is 15.2. The second kappa shape index (κ2) is 6.98. The molecular formula is C17H24N2O6S. The third kappa shape index (κ3) is 3.22. The van der Waals surface area contributed by atoms with Crippen LogP contribution in [-0.2, 0) is 19.6 Å². The van der Waals surface area contributed by atoms with Crippen LogP contribution in [0.2, 0.25) is 0 Å². The van der Waals surface area contributed by atoms with Crippen LogP contribution in [0.1, 0.15) is 37.6 Å². The quantitative estimate of drug-likeness (QED) is 0.644. The van der Waals surface area contributed by atoms with E-state index in [1.54, 1.807) is 13.8 Å². The maximum Gasteiger partial charge on any atom is 0.330 e. The van der Waals surface area contributed by atoms with Gasteiger partial charge in [-0.2, -0.15) is 0 Å². The zero-order valence-corrected chi connectivity index (χ0v) is 16.0. The Bertz CT molecular complexity index is 803. The Labute approximate surface area is 153 Å². The van der Waals surface area contributed by atoms with Gasteiger partial charge in [-0.15, -0.1) is 0 Å². The number of nitrogens with one attached hydrogen (secondary N) is 2. The lowest BCUT2D eigenvalue weighted by Crippen LogP contribution is -2.76. The minimum absolute atomic E-state index is 0.0184. The van der Waals surface area contributed by atoms with Crippen LogP contribution in [0.5, 0.6) is 0 Å². The van der Waals surface area contributed by atoms with E-state index in [9.17, 15) is 23.1 Å². The molecule has 0 aromatic heterocycles. The maximum atomic E-state index is 12.6. The van der Waals surface area contributed by atoms with Gasteiger partial charge >= 0.3 is 5.97 Å². The van der Waals surface area contributed by atoms with Gasteiger partial charge in [0.1, 0.15) is 5.54 Å². The monoisotopic (exact) mass is 384 g/mol. The standard InChI is InChI=1S/C17H24N2O6S/c1-5-25-13-10-17(15(21)22,16(13,2)3)19-14(20)11-6-8-12(9-7-11)26(23,24)18-4/h6-9,13,18H,5,10H2,1-4H3,(H,19,20)(H,21,22). The van der Waals surface area contributed by atoms with Crippen LogP contribution in [-0.4, -0.2) is 50.7 Å². The van der Waals surface area contributed by atoms with Gasteiger partial charge in [0, 0.05) is 24.0 Å². The number of carboxylic acids is 1. The molecule has 0 heterocycles. The molecule has 1 aromatic carbocycles. The first-order chi connectivity index (χ1) is 12.0. The van der Waals surface area contributed by atoms with Gasteiger partial charge in [0.2, 0.25) is 10.0 Å². The van der Waals surface area contributed by atoms with E-state index in [1.807, 2.05) is 6.92 Å². The highest BCUT2D eigenvalue weighted by Gasteiger charge is 2.66. The first-order valence-corrected chi connectivity index (χ1v) is 9.71. The average molecular weight is 384 g/mol. The van der Waals surface area contributed by atoms with Crippen LogP contribution < -0.4 is 10.0 Å². The summed E-state index contributed by atoms with van der Waals surface area (Å²) in [5, 5.41) is 12.3. The van der Waals surface area contributed by atoms with Gasteiger partial charge in [0.15, 0.2) is 0 Å². The zero-order chi connectivity index (χ0) is 19.8. The molecule has 1 aliphatic carbocycles. The summed E-state index contributed by atoms with van der Waals surface area (Å²) in [6.45, 7) is 5.77. The Balaban J connectivity index is 2.24. The first kappa shape index (κ1) is 20.3. The number of amides is 1. The van der Waals surface area contributed by atoms with Crippen molar-refractivity contribution in [1.29, 1.82) is 0 Å². The van der Waals surface area contributed by atoms with E-state index in [4.69, 9.17) is 4.74 Å². The number of ether oxygens (including phenoxy) is 1. The average Bonchev–Trinajstić information content (AvgIpc) is 2.60. The van der Waals surface area contributed by atoms with Crippen LogP contribution in [0.15, 0.2) is 29.2 Å². The van der Waals surface area contributed by atoms with Gasteiger partial charge in [0.25, 0.3) is 5.91 Å². The summed E-state index contributed by atoms with van der Waals surface area (Å²) >= 11 is 0. The molecule has 8 nitrogen and oxygen atoms in total. The Morgan fingerprint density at radius 3 is 2.27 bits per heavy atom. The van der Waals surface area contributed by atoms with Crippen molar-refractivity contribution < 1.29 is 27.9 Å². The molecule has 1 aliphatic rings. The third-order valence-corrected chi connectivity index (χ3v) is 6.58. The minimum atomic E-state index is -3.61. The number of aliphatic carboxylic acids is 1. The number of carbonyl (C=O) groups is 2. The van der Waals surface area contributed by atoms with Crippen molar-refractivity contribution in [2.24, 2.45) is 5.41 Å². The summed E-state index contributed by atoms with van der Waals surface area (Å²) in [6, 6.07) is 5.29. The molecular weight excluding hydrogens is 360 g/mol. The molecule has 0 bridgehead atoms. The predicted molar refractivity (Wildman–Crippen MR) is 94.3 cm³/mol. The topological polar surface area (TPSA) is 122 Å². The molecule has 1 fully saturated rings. The van der Waals surface area contributed by atoms with Crippen molar-refractivity contribution in [1.82, 2.24) is 10.0 Å². The Morgan fingerprint density at radius 2 is 1.85 bits per heavy atom. The molecule has 144 valence electrons. The molecule has 1 saturated carbocycles. The van der Waals surface area contributed by atoms with Gasteiger partial charge in [-0.3, -0.25) is 4.79 Å². The smallest absolute Gasteiger partial charge is 0.330 e. The van der Waals surface area contributed by atoms with Gasteiger partial charge in [-0.1, -0.05) is 13.8 Å². The van der Waals surface area contributed by atoms with Crippen LogP contribution in [0.3, 0.4) is 0 Å². The van der Waals surface area contributed by atoms with E-state index >= 15 is 0 Å². The number of benzene rings is 1. The van der Waals surface area contributed by atoms with Crippen LogP contribution in [0, 0.1) is 5.41 Å². The summed E-state index contributed by atoms with van der Waals surface area (Å²) in [6.07, 6.45) is -0.103. The molecule has 0 aliphatic heterocycles. The molecule has 0 radical (unpaired) electrons. The summed E-state index contributed by atoms with van der Waals surface area (Å²) in [5.41, 5.74) is -2.06. The molecule has 2 rings (SSSR count). The normalized spacial score (nSPS) is 24.5. The van der Waals surface area contributed by atoms with Gasteiger partial charge in [-0.25, -0.2) is 17.9 Å². The molecule has 1 aromatic rings. The molecule has 2 atom stereocenters. The number of carbonyl (C=O) groups excluding carboxylic acids is 1. The summed E-state index contributed by atoms with van der Waals surface area (Å²) in [7, 11) is -2.32. The third-order valence-electron chi connectivity index (χ3n) is 5.15. The SMILES string of the molecule is CCOC1CC(NC(=O)c2ccc(S(=O)(=O)NC)cc2)(C(=O)O)C1(C)C. The van der Waals surface area contributed by atoms with Crippen molar-refractivity contribution in [2.75, 3.05) is 13.7 Å². The van der Waals surface area contributed by atoms with Crippen LogP contribution in [0.4, 0.5) is 0 Å². The van der Waals surface area contributed by atoms with Crippen LogP contribution >= 0.6 is 0 Å². The Kier molecular flexibility index (Phi) is 5.46. The molecule has 2 unspecified atom stereocenters. The summed E-state index contributed by atoms with van der Waals surface area (Å²) in [4.78, 5) is 24.5. The van der Waals surface area contributed by atoms with E-state index in [-0.39, 0.29) is 23.0 Å². The molecule has 0 spiro atoms. The van der Waals surface area contributed by atoms with E-state index in [0.717, 1.165) is 0 Å². The minimum Gasteiger partial charge on any atom is -0.479 e. The van der Waals surface area contributed by atoms with Crippen molar-refractivity contribution in [3.63, 3.8) is 0 Å². The number of hydrogen-bond donors (Lipinski definition) is 3. The lowest BCUT2D eigenvalue weighted by atomic mass is 9.54. The van der Waals surface area contributed by atoms with Crippen molar-refractivity contribution in [2.45, 2.75) is 43.7 Å². The first-order valence-electron chi connectivity index (χ1n) is 8.23. The summed E-state index contributed by atoms with van der Waals surface area (Å²) < 4.78 is 31.2. The molecule has 1 amide bonds. The highest BCUT2D eigenvalue weighted by atomic mass is 32.2. The highest BCUT2D eigenvalue weighted by Crippen LogP contribution is 2.51. The molecule has 9 heteroatoms. The van der Waals surface area contributed by atoms with Crippen molar-refractivity contribution >= 4 is 21.9 Å². The van der Waals surface area contributed by atoms with Crippen LogP contribution in [0.25, 0.3) is 0 Å². The van der Waals surface area contributed by atoms with Gasteiger partial charge in [0.05, 0.1) is 11.0 Å². The van der Waals surface area contributed by atoms with Gasteiger partial charge in [-0.05, 0) is 38.2 Å². The molecule has 3 N–H and O–H groups in total. The van der Waals surface area contributed by atoms with E-state index in [1.165, 1.54) is 31.3 Å². The van der Waals surface area contributed by atoms with E-state index in [0.29, 0.717) is 6.61 Å². The number of hydrogen-bond acceptors (Lipinski definition) is 5. The largest absolute Gasteiger partial charge is 0.479 e. The molecule has 26 heavy (non-hydrogen) atoms. The van der Waals surface area contributed by atoms with E-state index in [2.05, 4.69) is 10.0 Å². The number of rotatable bonds is 7. The molecule has 0 saturated heterocycles. The second-order valence-electron chi connectivity index (χ2n) is 6.77. The summed E-state index contributed by atoms with van der Waals surface area (Å²) in [5.74, 6) is -1.70.